The van der Waals surface area contributed by atoms with Crippen LogP contribution in [0.15, 0.2) is 6.07 Å². The third kappa shape index (κ3) is 6.11. The number of carbonyl (C=O) groups is 2. The van der Waals surface area contributed by atoms with E-state index < -0.39 is 24.1 Å². The van der Waals surface area contributed by atoms with Gasteiger partial charge in [0.05, 0.1) is 34.9 Å². The molecule has 4 rings (SSSR count). The van der Waals surface area contributed by atoms with Crippen molar-refractivity contribution in [2.75, 3.05) is 62.6 Å². The molecule has 3 aromatic rings. The number of carbonyl (C=O) groups excluding carboxylic acids is 2. The van der Waals surface area contributed by atoms with Gasteiger partial charge in [-0.25, -0.2) is 19.2 Å². The fraction of sp³-hybridized carbons (Fsp3) is 0.480. The van der Waals surface area contributed by atoms with Gasteiger partial charge in [-0.3, -0.25) is 4.79 Å². The summed E-state index contributed by atoms with van der Waals surface area (Å²) in [5, 5.41) is 3.53. The van der Waals surface area contributed by atoms with Gasteiger partial charge in [-0.2, -0.15) is 4.98 Å². The summed E-state index contributed by atoms with van der Waals surface area (Å²) in [4.78, 5) is 48.0. The predicted molar refractivity (Wildman–Crippen MR) is 156 cm³/mol. The second-order valence-corrected chi connectivity index (χ2v) is 11.4. The lowest BCUT2D eigenvalue weighted by atomic mass is 10.0. The molecule has 1 saturated heterocycles. The van der Waals surface area contributed by atoms with Gasteiger partial charge in [0.15, 0.2) is 5.13 Å². The number of H-pyrrole nitrogens is 1. The Morgan fingerprint density at radius 2 is 1.93 bits per heavy atom. The Kier molecular flexibility index (Phi) is 9.06. The molecule has 0 saturated carbocycles. The zero-order valence-corrected chi connectivity index (χ0v) is 25.3. The molecule has 40 heavy (non-hydrogen) atoms. The van der Waals surface area contributed by atoms with Crippen molar-refractivity contribution in [2.45, 2.75) is 32.5 Å². The maximum atomic E-state index is 15.4. The van der Waals surface area contributed by atoms with Crippen LogP contribution in [0.4, 0.5) is 21.3 Å². The average Bonchev–Trinajstić information content (AvgIpc) is 3.47. The molecular weight excluding hydrogens is 582 g/mol. The molecule has 4 heterocycles. The summed E-state index contributed by atoms with van der Waals surface area (Å²) in [6.45, 7) is 3.97. The molecule has 216 valence electrons. The number of anilines is 3. The molecule has 3 aromatic heterocycles. The van der Waals surface area contributed by atoms with Crippen LogP contribution < -0.4 is 20.0 Å². The van der Waals surface area contributed by atoms with Crippen LogP contribution in [-0.2, 0) is 4.74 Å². The van der Waals surface area contributed by atoms with Crippen molar-refractivity contribution in [2.24, 2.45) is 0 Å². The lowest BCUT2D eigenvalue weighted by Crippen LogP contribution is -2.52. The first-order chi connectivity index (χ1) is 18.9. The summed E-state index contributed by atoms with van der Waals surface area (Å²) >= 11 is 13.3. The number of halogens is 3. The Labute approximate surface area is 245 Å². The number of esters is 1. The lowest BCUT2D eigenvalue weighted by Gasteiger charge is -2.34. The molecule has 0 aromatic carbocycles. The van der Waals surface area contributed by atoms with Crippen molar-refractivity contribution in [1.29, 1.82) is 0 Å². The van der Waals surface area contributed by atoms with Gasteiger partial charge in [0.2, 0.25) is 5.95 Å². The first kappa shape index (κ1) is 29.8. The number of alkyl halides is 1. The Morgan fingerprint density at radius 3 is 2.50 bits per heavy atom. The molecule has 0 unspecified atom stereocenters. The summed E-state index contributed by atoms with van der Waals surface area (Å²) < 4.78 is 20.7. The number of hydrogen-bond donors (Lipinski definition) is 2. The Hall–Kier alpha value is -3.16. The van der Waals surface area contributed by atoms with Gasteiger partial charge in [0.1, 0.15) is 28.3 Å². The Bertz CT molecular complexity index is 1390. The van der Waals surface area contributed by atoms with Crippen molar-refractivity contribution < 1.29 is 18.7 Å². The van der Waals surface area contributed by atoms with Crippen molar-refractivity contribution >= 4 is 63.3 Å². The number of aromatic nitrogens is 4. The second-order valence-electron chi connectivity index (χ2n) is 9.68. The highest BCUT2D eigenvalue weighted by molar-refractivity contribution is 7.17. The van der Waals surface area contributed by atoms with Crippen LogP contribution in [0.3, 0.4) is 0 Å². The number of hydrogen-bond acceptors (Lipinski definition) is 10. The van der Waals surface area contributed by atoms with E-state index in [0.717, 1.165) is 11.3 Å². The molecule has 0 spiro atoms. The minimum atomic E-state index is -1.40. The molecule has 15 heteroatoms. The SMILES string of the molecule is CCOC(=O)c1sc(N2CC[C@@H](NC(=O)c3[nH]c(C)c(Cl)c3Cl)[C@@H](F)C2)nc1-c1cc(N(C)C)nc(N(C)C)n1. The highest BCUT2D eigenvalue weighted by atomic mass is 35.5. The van der Waals surface area contributed by atoms with Crippen LogP contribution in [0, 0.1) is 6.92 Å². The van der Waals surface area contributed by atoms with Crippen LogP contribution in [-0.4, -0.2) is 91.9 Å². The van der Waals surface area contributed by atoms with Crippen molar-refractivity contribution in [3.63, 3.8) is 0 Å². The van der Waals surface area contributed by atoms with Crippen LogP contribution in [0.5, 0.6) is 0 Å². The maximum Gasteiger partial charge on any atom is 0.350 e. The monoisotopic (exact) mass is 612 g/mol. The minimum absolute atomic E-state index is 0.0337. The smallest absolute Gasteiger partial charge is 0.350 e. The van der Waals surface area contributed by atoms with Crippen molar-refractivity contribution in [3.8, 4) is 11.4 Å². The van der Waals surface area contributed by atoms with Gasteiger partial charge < -0.3 is 29.7 Å². The zero-order valence-electron chi connectivity index (χ0n) is 23.0. The summed E-state index contributed by atoms with van der Waals surface area (Å²) in [6, 6.07) is 1.01. The van der Waals surface area contributed by atoms with Crippen molar-refractivity contribution in [1.82, 2.24) is 25.3 Å². The van der Waals surface area contributed by atoms with E-state index in [9.17, 15) is 9.59 Å². The van der Waals surface area contributed by atoms with Gasteiger partial charge >= 0.3 is 5.97 Å². The number of thiazole rings is 1. The minimum Gasteiger partial charge on any atom is -0.462 e. The van der Waals surface area contributed by atoms with E-state index in [0.29, 0.717) is 46.9 Å². The van der Waals surface area contributed by atoms with Crippen LogP contribution >= 0.6 is 34.5 Å². The molecule has 1 fully saturated rings. The van der Waals surface area contributed by atoms with Gasteiger partial charge in [0, 0.05) is 46.5 Å². The highest BCUT2D eigenvalue weighted by Crippen LogP contribution is 2.36. The number of nitrogens with one attached hydrogen (secondary N) is 2. The topological polar surface area (TPSA) is 120 Å². The first-order valence-electron chi connectivity index (χ1n) is 12.6. The van der Waals surface area contributed by atoms with Crippen molar-refractivity contribution in [3.05, 3.63) is 32.4 Å². The summed E-state index contributed by atoms with van der Waals surface area (Å²) in [5.74, 6) is 0.0226. The number of amides is 1. The number of rotatable bonds is 8. The quantitative estimate of drug-likeness (QED) is 0.361. The highest BCUT2D eigenvalue weighted by Gasteiger charge is 2.34. The number of piperidine rings is 1. The fourth-order valence-corrected chi connectivity index (χ4v) is 5.56. The standard InChI is InChI=1S/C25H31Cl2FN8O3S/c1-7-39-23(38)21-19(15-10-16(34(3)4)32-24(31-15)35(5)6)33-25(40-21)36-9-8-14(13(28)11-36)30-22(37)20-18(27)17(26)12(2)29-20/h10,13-14,29H,7-9,11H2,1-6H3,(H,30,37)/t13-,14+/m0/s1. The van der Waals surface area contributed by atoms with Crippen LogP contribution in [0.2, 0.25) is 10.0 Å². The molecule has 2 atom stereocenters. The van der Waals surface area contributed by atoms with E-state index in [1.54, 1.807) is 29.7 Å². The summed E-state index contributed by atoms with van der Waals surface area (Å²) in [5.41, 5.74) is 1.44. The van der Waals surface area contributed by atoms with E-state index in [1.807, 2.05) is 33.1 Å². The summed E-state index contributed by atoms with van der Waals surface area (Å²) in [7, 11) is 7.35. The largest absolute Gasteiger partial charge is 0.462 e. The van der Waals surface area contributed by atoms with Crippen LogP contribution in [0.1, 0.15) is 39.2 Å². The number of aryl methyl sites for hydroxylation is 1. The summed E-state index contributed by atoms with van der Waals surface area (Å²) in [6.07, 6.45) is -1.09. The zero-order chi connectivity index (χ0) is 29.3. The van der Waals surface area contributed by atoms with E-state index in [-0.39, 0.29) is 33.8 Å². The molecule has 0 bridgehead atoms. The maximum absolute atomic E-state index is 15.4. The molecular formula is C25H31Cl2FN8O3S. The van der Waals surface area contributed by atoms with Gasteiger partial charge in [-0.1, -0.05) is 34.5 Å². The fourth-order valence-electron chi connectivity index (χ4n) is 4.13. The average molecular weight is 614 g/mol. The number of ether oxygens (including phenoxy) is 1. The molecule has 0 radical (unpaired) electrons. The number of aromatic amines is 1. The second kappa shape index (κ2) is 12.1. The Morgan fingerprint density at radius 1 is 1.20 bits per heavy atom. The predicted octanol–water partition coefficient (Wildman–Crippen LogP) is 4.20. The van der Waals surface area contributed by atoms with Crippen LogP contribution in [0.25, 0.3) is 11.4 Å². The third-order valence-corrected chi connectivity index (χ3v) is 8.33. The van der Waals surface area contributed by atoms with E-state index >= 15 is 4.39 Å². The normalized spacial score (nSPS) is 17.1. The molecule has 1 amide bonds. The van der Waals surface area contributed by atoms with Gasteiger partial charge in [-0.05, 0) is 20.3 Å². The molecule has 0 aliphatic carbocycles. The van der Waals surface area contributed by atoms with E-state index in [4.69, 9.17) is 32.9 Å². The van der Waals surface area contributed by atoms with Gasteiger partial charge in [0.25, 0.3) is 5.91 Å². The lowest BCUT2D eigenvalue weighted by molar-refractivity contribution is 0.0532. The number of nitrogens with zero attached hydrogens (tertiary/aromatic N) is 6. The Balaban J connectivity index is 1.59. The molecule has 1 aliphatic heterocycles. The molecule has 11 nitrogen and oxygen atoms in total. The molecule has 1 aliphatic rings. The van der Waals surface area contributed by atoms with E-state index in [2.05, 4.69) is 20.3 Å². The van der Waals surface area contributed by atoms with Gasteiger partial charge in [-0.15, -0.1) is 0 Å². The molecule has 2 N–H and O–H groups in total. The third-order valence-electron chi connectivity index (χ3n) is 6.29. The van der Waals surface area contributed by atoms with E-state index in [1.165, 1.54) is 0 Å². The first-order valence-corrected chi connectivity index (χ1v) is 14.1.